The molecule has 0 aliphatic carbocycles. The van der Waals surface area contributed by atoms with E-state index in [-0.39, 0.29) is 6.10 Å². The lowest BCUT2D eigenvalue weighted by atomic mass is 10.0. The lowest BCUT2D eigenvalue weighted by Crippen LogP contribution is -2.30. The molecule has 0 saturated carbocycles. The highest BCUT2D eigenvalue weighted by Crippen LogP contribution is 2.25. The van der Waals surface area contributed by atoms with Gasteiger partial charge in [0.15, 0.2) is 0 Å². The summed E-state index contributed by atoms with van der Waals surface area (Å²) >= 11 is 0. The fourth-order valence-electron chi connectivity index (χ4n) is 3.33. The summed E-state index contributed by atoms with van der Waals surface area (Å²) in [5, 5.41) is 16.5. The van der Waals surface area contributed by atoms with Gasteiger partial charge in [0.1, 0.15) is 12.4 Å². The van der Waals surface area contributed by atoms with Crippen LogP contribution in [0.4, 0.5) is 0 Å². The molecular formula is C20H27N3O2. The van der Waals surface area contributed by atoms with Crippen LogP contribution in [0.1, 0.15) is 22.4 Å². The van der Waals surface area contributed by atoms with Crippen LogP contribution in [0.25, 0.3) is 0 Å². The van der Waals surface area contributed by atoms with Gasteiger partial charge in [-0.15, -0.1) is 0 Å². The van der Waals surface area contributed by atoms with Gasteiger partial charge in [0.25, 0.3) is 0 Å². The molecule has 0 radical (unpaired) electrons. The Bertz CT molecular complexity index is 668. The molecule has 5 nitrogen and oxygen atoms in total. The van der Waals surface area contributed by atoms with Crippen molar-refractivity contribution >= 4 is 0 Å². The second kappa shape index (κ2) is 8.43. The van der Waals surface area contributed by atoms with Gasteiger partial charge in [0.05, 0.1) is 11.8 Å². The normalized spacial score (nSPS) is 20.0. The maximum Gasteiger partial charge on any atom is 0.130 e. The quantitative estimate of drug-likeness (QED) is 0.718. The number of nitrogens with zero attached hydrogens (tertiary/aromatic N) is 1. The van der Waals surface area contributed by atoms with Crippen molar-refractivity contribution in [2.24, 2.45) is 5.92 Å². The Morgan fingerprint density at radius 2 is 2.04 bits per heavy atom. The Balaban J connectivity index is 1.56. The van der Waals surface area contributed by atoms with Crippen LogP contribution in [-0.4, -0.2) is 35.8 Å². The lowest BCUT2D eigenvalue weighted by molar-refractivity contribution is 0.146. The predicted octanol–water partition coefficient (Wildman–Crippen LogP) is 1.95. The molecule has 2 atom stereocenters. The highest BCUT2D eigenvalue weighted by molar-refractivity contribution is 5.43. The summed E-state index contributed by atoms with van der Waals surface area (Å²) in [5.74, 6) is 1.23. The molecule has 0 spiro atoms. The first-order valence-corrected chi connectivity index (χ1v) is 8.86. The van der Waals surface area contributed by atoms with E-state index in [0.29, 0.717) is 19.1 Å². The first-order valence-electron chi connectivity index (χ1n) is 8.86. The second-order valence-corrected chi connectivity index (χ2v) is 6.79. The number of aryl methyl sites for hydroxylation is 2. The molecule has 1 aromatic carbocycles. The average Bonchev–Trinajstić information content (AvgIpc) is 3.00. The maximum absolute atomic E-state index is 9.84. The number of hydrogen-bond donors (Lipinski definition) is 3. The lowest BCUT2D eigenvalue weighted by Gasteiger charge is -2.16. The van der Waals surface area contributed by atoms with Crippen LogP contribution in [-0.2, 0) is 13.2 Å². The van der Waals surface area contributed by atoms with E-state index in [0.717, 1.165) is 42.2 Å². The summed E-state index contributed by atoms with van der Waals surface area (Å²) in [6.07, 6.45) is 1.54. The van der Waals surface area contributed by atoms with Gasteiger partial charge in [0.2, 0.25) is 0 Å². The summed E-state index contributed by atoms with van der Waals surface area (Å²) < 4.78 is 5.98. The highest BCUT2D eigenvalue weighted by atomic mass is 16.5. The molecule has 1 fully saturated rings. The Morgan fingerprint density at radius 1 is 1.24 bits per heavy atom. The molecule has 1 aromatic heterocycles. The topological polar surface area (TPSA) is 66.4 Å². The Morgan fingerprint density at radius 3 is 2.68 bits per heavy atom. The molecule has 0 bridgehead atoms. The van der Waals surface area contributed by atoms with E-state index in [1.807, 2.05) is 18.2 Å². The van der Waals surface area contributed by atoms with Crippen LogP contribution >= 0.6 is 0 Å². The Labute approximate surface area is 149 Å². The second-order valence-electron chi connectivity index (χ2n) is 6.79. The van der Waals surface area contributed by atoms with Crippen molar-refractivity contribution in [3.63, 3.8) is 0 Å². The number of aliphatic hydroxyl groups excluding tert-OH is 1. The van der Waals surface area contributed by atoms with Crippen molar-refractivity contribution < 1.29 is 9.84 Å². The van der Waals surface area contributed by atoms with Crippen molar-refractivity contribution in [1.82, 2.24) is 15.6 Å². The summed E-state index contributed by atoms with van der Waals surface area (Å²) in [7, 11) is 0. The highest BCUT2D eigenvalue weighted by Gasteiger charge is 2.24. The van der Waals surface area contributed by atoms with Crippen LogP contribution < -0.4 is 15.4 Å². The van der Waals surface area contributed by atoms with Gasteiger partial charge < -0.3 is 20.5 Å². The standard InChI is InChI=1S/C20H27N3O2/c1-14-7-16(9-21-10-17-11-22-12-19(17)24)8-15(2)20(14)25-13-18-5-3-4-6-23-18/h3-8,17,19,21-22,24H,9-13H2,1-2H3. The number of rotatable bonds is 7. The number of ether oxygens (including phenoxy) is 1. The van der Waals surface area contributed by atoms with E-state index in [1.165, 1.54) is 5.56 Å². The zero-order valence-corrected chi connectivity index (χ0v) is 15.0. The van der Waals surface area contributed by atoms with Crippen LogP contribution in [0.5, 0.6) is 5.75 Å². The number of aliphatic hydroxyl groups is 1. The van der Waals surface area contributed by atoms with Gasteiger partial charge in [-0.25, -0.2) is 0 Å². The molecule has 2 unspecified atom stereocenters. The molecule has 3 N–H and O–H groups in total. The molecule has 2 aromatic rings. The molecule has 5 heteroatoms. The summed E-state index contributed by atoms with van der Waals surface area (Å²) in [6.45, 7) is 7.84. The van der Waals surface area contributed by atoms with E-state index < -0.39 is 0 Å². The number of β-amino-alcohol motifs (C(OH)–C–C–N with tert-alkyl or cyclic N) is 1. The van der Waals surface area contributed by atoms with Crippen LogP contribution in [0.2, 0.25) is 0 Å². The van der Waals surface area contributed by atoms with E-state index in [2.05, 4.69) is 41.6 Å². The molecule has 2 heterocycles. The third-order valence-corrected chi connectivity index (χ3v) is 4.65. The molecule has 1 aliphatic heterocycles. The fraction of sp³-hybridized carbons (Fsp3) is 0.450. The van der Waals surface area contributed by atoms with Crippen LogP contribution in [0.15, 0.2) is 36.5 Å². The molecule has 25 heavy (non-hydrogen) atoms. The van der Waals surface area contributed by atoms with Crippen LogP contribution in [0.3, 0.4) is 0 Å². The largest absolute Gasteiger partial charge is 0.487 e. The van der Waals surface area contributed by atoms with Gasteiger partial charge >= 0.3 is 0 Å². The summed E-state index contributed by atoms with van der Waals surface area (Å²) in [6, 6.07) is 10.2. The van der Waals surface area contributed by atoms with Gasteiger partial charge in [-0.05, 0) is 42.7 Å². The van der Waals surface area contributed by atoms with Crippen molar-refractivity contribution in [1.29, 1.82) is 0 Å². The average molecular weight is 341 g/mol. The van der Waals surface area contributed by atoms with Crippen molar-refractivity contribution in [2.75, 3.05) is 19.6 Å². The SMILES string of the molecule is Cc1cc(CNCC2CNCC2O)cc(C)c1OCc1ccccn1. The van der Waals surface area contributed by atoms with Gasteiger partial charge in [-0.2, -0.15) is 0 Å². The number of hydrogen-bond acceptors (Lipinski definition) is 5. The summed E-state index contributed by atoms with van der Waals surface area (Å²) in [5.41, 5.74) is 4.43. The summed E-state index contributed by atoms with van der Waals surface area (Å²) in [4.78, 5) is 4.29. The molecule has 0 amide bonds. The molecule has 1 saturated heterocycles. The smallest absolute Gasteiger partial charge is 0.130 e. The molecule has 134 valence electrons. The van der Waals surface area contributed by atoms with Crippen molar-refractivity contribution in [2.45, 2.75) is 33.1 Å². The van der Waals surface area contributed by atoms with Crippen molar-refractivity contribution in [3.8, 4) is 5.75 Å². The Hall–Kier alpha value is -1.95. The first kappa shape index (κ1) is 17.9. The first-order chi connectivity index (χ1) is 12.1. The third kappa shape index (κ3) is 4.78. The number of pyridine rings is 1. The number of nitrogens with one attached hydrogen (secondary N) is 2. The monoisotopic (exact) mass is 341 g/mol. The van der Waals surface area contributed by atoms with E-state index in [1.54, 1.807) is 6.20 Å². The Kier molecular flexibility index (Phi) is 6.02. The number of benzene rings is 1. The van der Waals surface area contributed by atoms with E-state index in [4.69, 9.17) is 4.74 Å². The zero-order chi connectivity index (χ0) is 17.6. The van der Waals surface area contributed by atoms with Gasteiger partial charge in [-0.1, -0.05) is 18.2 Å². The minimum Gasteiger partial charge on any atom is -0.487 e. The minimum absolute atomic E-state index is 0.238. The van der Waals surface area contributed by atoms with Crippen molar-refractivity contribution in [3.05, 3.63) is 58.9 Å². The van der Waals surface area contributed by atoms with E-state index in [9.17, 15) is 5.11 Å². The third-order valence-electron chi connectivity index (χ3n) is 4.65. The predicted molar refractivity (Wildman–Crippen MR) is 98.6 cm³/mol. The fourth-order valence-corrected chi connectivity index (χ4v) is 3.33. The molecular weight excluding hydrogens is 314 g/mol. The minimum atomic E-state index is -0.238. The van der Waals surface area contributed by atoms with E-state index >= 15 is 0 Å². The molecule has 1 aliphatic rings. The number of aromatic nitrogens is 1. The van der Waals surface area contributed by atoms with Gasteiger partial charge in [-0.3, -0.25) is 4.98 Å². The molecule has 3 rings (SSSR count). The zero-order valence-electron chi connectivity index (χ0n) is 15.0. The van der Waals surface area contributed by atoms with Crippen LogP contribution in [0, 0.1) is 19.8 Å². The van der Waals surface area contributed by atoms with Gasteiger partial charge in [0, 0.05) is 38.3 Å². The maximum atomic E-state index is 9.84.